The van der Waals surface area contributed by atoms with E-state index in [0.29, 0.717) is 19.5 Å². The first-order chi connectivity index (χ1) is 8.30. The number of hydrogen-bond donors (Lipinski definition) is 0. The second-order valence-corrected chi connectivity index (χ2v) is 6.84. The van der Waals surface area contributed by atoms with Crippen LogP contribution >= 0.6 is 11.6 Å². The molecule has 18 heavy (non-hydrogen) atoms. The highest BCUT2D eigenvalue weighted by molar-refractivity contribution is 7.90. The molecule has 1 aromatic rings. The van der Waals surface area contributed by atoms with Crippen LogP contribution in [0.2, 0.25) is 5.02 Å². The minimum absolute atomic E-state index is 0.0264. The first-order valence-electron chi connectivity index (χ1n) is 5.56. The number of sulfone groups is 1. The van der Waals surface area contributed by atoms with E-state index in [4.69, 9.17) is 11.6 Å². The van der Waals surface area contributed by atoms with Gasteiger partial charge in [-0.1, -0.05) is 17.7 Å². The molecule has 0 unspecified atom stereocenters. The van der Waals surface area contributed by atoms with E-state index in [1.807, 2.05) is 0 Å². The summed E-state index contributed by atoms with van der Waals surface area (Å²) >= 11 is 6.16. The maximum absolute atomic E-state index is 11.6. The lowest BCUT2D eigenvalue weighted by molar-refractivity contribution is -0.129. The van der Waals surface area contributed by atoms with E-state index < -0.39 is 9.84 Å². The number of fused-ring (bicyclic) bond motifs is 1. The second-order valence-electron chi connectivity index (χ2n) is 4.48. The molecule has 0 radical (unpaired) electrons. The third-order valence-corrected chi connectivity index (χ3v) is 4.83. The molecule has 0 atom stereocenters. The number of rotatable bonds is 1. The van der Waals surface area contributed by atoms with Gasteiger partial charge in [-0.25, -0.2) is 8.42 Å². The Hall–Kier alpha value is -1.07. The SMILES string of the molecule is CC(=O)N1CCc2ccc(S(C)(=O)=O)c(Cl)c2C1. The molecule has 0 spiro atoms. The fourth-order valence-electron chi connectivity index (χ4n) is 2.13. The molecular formula is C12H14ClNO3S. The normalized spacial score (nSPS) is 15.4. The third-order valence-electron chi connectivity index (χ3n) is 3.15. The zero-order chi connectivity index (χ0) is 13.5. The van der Waals surface area contributed by atoms with Gasteiger partial charge in [0.15, 0.2) is 9.84 Å². The Balaban J connectivity index is 2.52. The molecule has 0 aromatic heterocycles. The van der Waals surface area contributed by atoms with Crippen LogP contribution in [0, 0.1) is 0 Å². The van der Waals surface area contributed by atoms with Crippen LogP contribution in [0.5, 0.6) is 0 Å². The molecule has 1 amide bonds. The van der Waals surface area contributed by atoms with Crippen molar-refractivity contribution in [1.29, 1.82) is 0 Å². The highest BCUT2D eigenvalue weighted by Crippen LogP contribution is 2.31. The van der Waals surface area contributed by atoms with Crippen LogP contribution in [-0.4, -0.2) is 32.0 Å². The van der Waals surface area contributed by atoms with Gasteiger partial charge in [0.25, 0.3) is 0 Å². The number of hydrogen-bond acceptors (Lipinski definition) is 3. The Morgan fingerprint density at radius 2 is 2.06 bits per heavy atom. The maximum atomic E-state index is 11.6. The summed E-state index contributed by atoms with van der Waals surface area (Å²) < 4.78 is 23.2. The van der Waals surface area contributed by atoms with Gasteiger partial charge < -0.3 is 4.90 Å². The number of benzene rings is 1. The fourth-order valence-corrected chi connectivity index (χ4v) is 3.55. The zero-order valence-corrected chi connectivity index (χ0v) is 11.8. The lowest BCUT2D eigenvalue weighted by atomic mass is 10.00. The maximum Gasteiger partial charge on any atom is 0.219 e. The molecule has 1 aliphatic heterocycles. The van der Waals surface area contributed by atoms with E-state index in [0.717, 1.165) is 17.4 Å². The van der Waals surface area contributed by atoms with Crippen molar-refractivity contribution in [3.8, 4) is 0 Å². The van der Waals surface area contributed by atoms with Gasteiger partial charge in [-0.05, 0) is 23.6 Å². The number of carbonyl (C=O) groups excluding carboxylic acids is 1. The van der Waals surface area contributed by atoms with E-state index in [9.17, 15) is 13.2 Å². The van der Waals surface area contributed by atoms with Crippen molar-refractivity contribution < 1.29 is 13.2 Å². The predicted octanol–water partition coefficient (Wildman–Crippen LogP) is 1.65. The van der Waals surface area contributed by atoms with E-state index in [1.54, 1.807) is 17.0 Å². The van der Waals surface area contributed by atoms with Crippen molar-refractivity contribution >= 4 is 27.3 Å². The topological polar surface area (TPSA) is 54.5 Å². The molecule has 4 nitrogen and oxygen atoms in total. The first-order valence-corrected chi connectivity index (χ1v) is 7.83. The zero-order valence-electron chi connectivity index (χ0n) is 10.2. The summed E-state index contributed by atoms with van der Waals surface area (Å²) in [5, 5.41) is 0.251. The van der Waals surface area contributed by atoms with Crippen molar-refractivity contribution in [3.05, 3.63) is 28.3 Å². The average molecular weight is 288 g/mol. The van der Waals surface area contributed by atoms with Crippen LogP contribution in [0.1, 0.15) is 18.1 Å². The predicted molar refractivity (Wildman–Crippen MR) is 69.4 cm³/mol. The molecule has 0 aliphatic carbocycles. The summed E-state index contributed by atoms with van der Waals surface area (Å²) in [5.41, 5.74) is 1.77. The second kappa shape index (κ2) is 4.55. The summed E-state index contributed by atoms with van der Waals surface area (Å²) in [5.74, 6) is -0.0264. The summed E-state index contributed by atoms with van der Waals surface area (Å²) in [6.07, 6.45) is 1.84. The van der Waals surface area contributed by atoms with E-state index >= 15 is 0 Å². The van der Waals surface area contributed by atoms with Crippen molar-refractivity contribution in [3.63, 3.8) is 0 Å². The molecule has 1 aliphatic rings. The summed E-state index contributed by atoms with van der Waals surface area (Å²) in [6, 6.07) is 3.33. The Labute approximate surface area is 111 Å². The lowest BCUT2D eigenvalue weighted by Crippen LogP contribution is -2.34. The van der Waals surface area contributed by atoms with E-state index in [1.165, 1.54) is 6.92 Å². The molecule has 1 aromatic carbocycles. The Bertz CT molecular complexity index is 610. The Kier molecular flexibility index (Phi) is 3.38. The van der Waals surface area contributed by atoms with Crippen LogP contribution in [0.25, 0.3) is 0 Å². The molecule has 0 saturated carbocycles. The Morgan fingerprint density at radius 3 is 2.61 bits per heavy atom. The molecule has 98 valence electrons. The number of halogens is 1. The van der Waals surface area contributed by atoms with Crippen LogP contribution in [0.3, 0.4) is 0 Å². The van der Waals surface area contributed by atoms with Crippen LogP contribution in [0.15, 0.2) is 17.0 Å². The van der Waals surface area contributed by atoms with E-state index in [-0.39, 0.29) is 15.8 Å². The molecule has 6 heteroatoms. The van der Waals surface area contributed by atoms with Gasteiger partial charge in [0.1, 0.15) is 0 Å². The fraction of sp³-hybridized carbons (Fsp3) is 0.417. The molecule has 0 bridgehead atoms. The summed E-state index contributed by atoms with van der Waals surface area (Å²) in [6.45, 7) is 2.53. The number of nitrogens with zero attached hydrogens (tertiary/aromatic N) is 1. The van der Waals surface area contributed by atoms with Gasteiger partial charge in [-0.2, -0.15) is 0 Å². The van der Waals surface area contributed by atoms with Crippen LogP contribution in [-0.2, 0) is 27.6 Å². The highest BCUT2D eigenvalue weighted by atomic mass is 35.5. The molecule has 0 fully saturated rings. The van der Waals surface area contributed by atoms with Crippen LogP contribution < -0.4 is 0 Å². The van der Waals surface area contributed by atoms with Crippen molar-refractivity contribution in [2.75, 3.05) is 12.8 Å². The molecular weight excluding hydrogens is 274 g/mol. The first kappa shape index (κ1) is 13.4. The van der Waals surface area contributed by atoms with Crippen molar-refractivity contribution in [1.82, 2.24) is 4.90 Å². The lowest BCUT2D eigenvalue weighted by Gasteiger charge is -2.29. The van der Waals surface area contributed by atoms with Gasteiger partial charge in [0, 0.05) is 26.3 Å². The monoisotopic (exact) mass is 287 g/mol. The minimum Gasteiger partial charge on any atom is -0.338 e. The molecule has 2 rings (SSSR count). The van der Waals surface area contributed by atoms with Gasteiger partial charge in [0.2, 0.25) is 5.91 Å². The van der Waals surface area contributed by atoms with Gasteiger partial charge in [0.05, 0.1) is 9.92 Å². The molecule has 0 saturated heterocycles. The van der Waals surface area contributed by atoms with Gasteiger partial charge in [-0.15, -0.1) is 0 Å². The van der Waals surface area contributed by atoms with Crippen molar-refractivity contribution in [2.24, 2.45) is 0 Å². The largest absolute Gasteiger partial charge is 0.338 e. The third kappa shape index (κ3) is 2.37. The van der Waals surface area contributed by atoms with Crippen molar-refractivity contribution in [2.45, 2.75) is 24.8 Å². The van der Waals surface area contributed by atoms with E-state index in [2.05, 4.69) is 0 Å². The number of amides is 1. The summed E-state index contributed by atoms with van der Waals surface area (Å²) in [4.78, 5) is 13.2. The molecule has 1 heterocycles. The van der Waals surface area contributed by atoms with Gasteiger partial charge in [-0.3, -0.25) is 4.79 Å². The average Bonchev–Trinajstić information content (AvgIpc) is 2.27. The molecule has 0 N–H and O–H groups in total. The van der Waals surface area contributed by atoms with Gasteiger partial charge >= 0.3 is 0 Å². The van der Waals surface area contributed by atoms with Crippen LogP contribution in [0.4, 0.5) is 0 Å². The smallest absolute Gasteiger partial charge is 0.219 e. The summed E-state index contributed by atoms with van der Waals surface area (Å²) in [7, 11) is -3.34. The Morgan fingerprint density at radius 1 is 1.39 bits per heavy atom. The quantitative estimate of drug-likeness (QED) is 0.789. The number of carbonyl (C=O) groups is 1. The minimum atomic E-state index is -3.34. The standard InChI is InChI=1S/C12H14ClNO3S/c1-8(15)14-6-5-9-3-4-11(18(2,16)17)12(13)10(9)7-14/h3-4H,5-7H2,1-2H3. The highest BCUT2D eigenvalue weighted by Gasteiger charge is 2.24.